The molecule has 0 saturated carbocycles. The smallest absolute Gasteiger partial charge is 0.124 e. The molecule has 2 aromatic rings. The summed E-state index contributed by atoms with van der Waals surface area (Å²) in [5.41, 5.74) is 7.79. The van der Waals surface area contributed by atoms with Crippen LogP contribution in [0.2, 0.25) is 0 Å². The molecule has 18 heavy (non-hydrogen) atoms. The van der Waals surface area contributed by atoms with Crippen molar-refractivity contribution in [3.8, 4) is 0 Å². The van der Waals surface area contributed by atoms with Crippen molar-refractivity contribution >= 4 is 17.4 Å². The van der Waals surface area contributed by atoms with Crippen molar-refractivity contribution < 1.29 is 4.39 Å². The lowest BCUT2D eigenvalue weighted by molar-refractivity contribution is 0.624. The minimum atomic E-state index is -0.171. The summed E-state index contributed by atoms with van der Waals surface area (Å²) in [6, 6.07) is 14.7. The van der Waals surface area contributed by atoms with E-state index in [1.165, 1.54) is 11.6 Å². The fourth-order valence-electron chi connectivity index (χ4n) is 1.77. The molecule has 0 saturated heterocycles. The van der Waals surface area contributed by atoms with Crippen molar-refractivity contribution in [2.45, 2.75) is 17.7 Å². The van der Waals surface area contributed by atoms with E-state index in [2.05, 4.69) is 6.07 Å². The van der Waals surface area contributed by atoms with Gasteiger partial charge in [0.25, 0.3) is 0 Å². The van der Waals surface area contributed by atoms with Crippen LogP contribution in [-0.4, -0.2) is 5.75 Å². The number of benzene rings is 2. The largest absolute Gasteiger partial charge is 0.399 e. The summed E-state index contributed by atoms with van der Waals surface area (Å²) in [5, 5.41) is 0. The van der Waals surface area contributed by atoms with Gasteiger partial charge in [-0.15, -0.1) is 11.8 Å². The monoisotopic (exact) mass is 261 g/mol. The highest BCUT2D eigenvalue weighted by Gasteiger charge is 1.98. The van der Waals surface area contributed by atoms with Crippen LogP contribution >= 0.6 is 11.8 Å². The van der Waals surface area contributed by atoms with Crippen LogP contribution < -0.4 is 5.73 Å². The Morgan fingerprint density at radius 3 is 2.67 bits per heavy atom. The summed E-state index contributed by atoms with van der Waals surface area (Å²) in [6.07, 6.45) is 2.07. The highest BCUT2D eigenvalue weighted by Crippen LogP contribution is 2.20. The number of aryl methyl sites for hydroxylation is 1. The van der Waals surface area contributed by atoms with Gasteiger partial charge in [0.1, 0.15) is 5.82 Å². The maximum atomic E-state index is 13.0. The van der Waals surface area contributed by atoms with Gasteiger partial charge in [-0.2, -0.15) is 0 Å². The molecule has 0 unspecified atom stereocenters. The number of halogens is 1. The fourth-order valence-corrected chi connectivity index (χ4v) is 2.67. The normalized spacial score (nSPS) is 10.5. The molecule has 0 aliphatic heterocycles. The molecule has 0 amide bonds. The van der Waals surface area contributed by atoms with Crippen molar-refractivity contribution in [1.82, 2.24) is 0 Å². The summed E-state index contributed by atoms with van der Waals surface area (Å²) in [7, 11) is 0. The number of nitrogen functional groups attached to an aromatic ring is 1. The number of hydrogen-bond donors (Lipinski definition) is 1. The molecule has 1 nitrogen and oxygen atoms in total. The van der Waals surface area contributed by atoms with Crippen LogP contribution in [0, 0.1) is 5.82 Å². The van der Waals surface area contributed by atoms with Crippen LogP contribution in [0.25, 0.3) is 0 Å². The lowest BCUT2D eigenvalue weighted by Crippen LogP contribution is -1.90. The van der Waals surface area contributed by atoms with Crippen molar-refractivity contribution in [3.05, 3.63) is 59.9 Å². The van der Waals surface area contributed by atoms with E-state index < -0.39 is 0 Å². The van der Waals surface area contributed by atoms with E-state index in [-0.39, 0.29) is 5.82 Å². The van der Waals surface area contributed by atoms with Gasteiger partial charge in [-0.3, -0.25) is 0 Å². The number of rotatable bonds is 5. The Morgan fingerprint density at radius 2 is 1.89 bits per heavy atom. The molecular weight excluding hydrogens is 245 g/mol. The Bertz CT molecular complexity index is 466. The van der Waals surface area contributed by atoms with Crippen LogP contribution in [0.3, 0.4) is 0 Å². The molecule has 2 rings (SSSR count). The second-order valence-corrected chi connectivity index (χ2v) is 5.32. The lowest BCUT2D eigenvalue weighted by Gasteiger charge is -2.03. The summed E-state index contributed by atoms with van der Waals surface area (Å²) < 4.78 is 13.0. The zero-order chi connectivity index (χ0) is 12.8. The van der Waals surface area contributed by atoms with E-state index in [1.54, 1.807) is 23.9 Å². The zero-order valence-corrected chi connectivity index (χ0v) is 10.9. The van der Waals surface area contributed by atoms with Gasteiger partial charge in [0, 0.05) is 10.6 Å². The minimum Gasteiger partial charge on any atom is -0.399 e. The summed E-state index contributed by atoms with van der Waals surface area (Å²) in [6.45, 7) is 0. The van der Waals surface area contributed by atoms with Gasteiger partial charge >= 0.3 is 0 Å². The van der Waals surface area contributed by atoms with E-state index >= 15 is 0 Å². The molecule has 0 aromatic heterocycles. The number of thioether (sulfide) groups is 1. The van der Waals surface area contributed by atoms with E-state index in [0.29, 0.717) is 0 Å². The molecule has 0 aliphatic carbocycles. The molecule has 0 aliphatic rings. The first kappa shape index (κ1) is 13.0. The van der Waals surface area contributed by atoms with Crippen LogP contribution in [0.15, 0.2) is 53.4 Å². The van der Waals surface area contributed by atoms with Crippen LogP contribution in [0.5, 0.6) is 0 Å². The fraction of sp³-hybridized carbons (Fsp3) is 0.200. The highest BCUT2D eigenvalue weighted by atomic mass is 32.2. The molecule has 94 valence electrons. The average molecular weight is 261 g/mol. The van der Waals surface area contributed by atoms with E-state index in [9.17, 15) is 4.39 Å². The molecule has 3 heteroatoms. The lowest BCUT2D eigenvalue weighted by atomic mass is 10.1. The molecule has 0 fully saturated rings. The maximum Gasteiger partial charge on any atom is 0.124 e. The topological polar surface area (TPSA) is 26.0 Å². The summed E-state index contributed by atoms with van der Waals surface area (Å²) in [5.74, 6) is 0.814. The molecule has 0 heterocycles. The third-order valence-corrected chi connectivity index (χ3v) is 3.71. The van der Waals surface area contributed by atoms with Crippen LogP contribution in [0.4, 0.5) is 10.1 Å². The van der Waals surface area contributed by atoms with Gasteiger partial charge < -0.3 is 5.73 Å². The first-order valence-corrected chi connectivity index (χ1v) is 6.95. The molecule has 0 radical (unpaired) electrons. The Balaban J connectivity index is 1.76. The van der Waals surface area contributed by atoms with E-state index in [1.807, 2.05) is 24.3 Å². The quantitative estimate of drug-likeness (QED) is 0.497. The minimum absolute atomic E-state index is 0.171. The SMILES string of the molecule is Nc1cccc(CCCSc2cccc(F)c2)c1. The van der Waals surface area contributed by atoms with Crippen LogP contribution in [-0.2, 0) is 6.42 Å². The number of hydrogen-bond acceptors (Lipinski definition) is 2. The standard InChI is InChI=1S/C15H16FNS/c16-13-6-2-8-15(11-13)18-9-3-5-12-4-1-7-14(17)10-12/h1-2,4,6-8,10-11H,3,5,9,17H2. The maximum absolute atomic E-state index is 13.0. The van der Waals surface area contributed by atoms with Gasteiger partial charge in [-0.05, 0) is 54.5 Å². The van der Waals surface area contributed by atoms with Gasteiger partial charge in [0.15, 0.2) is 0 Å². The third-order valence-electron chi connectivity index (χ3n) is 2.63. The van der Waals surface area contributed by atoms with E-state index in [0.717, 1.165) is 29.2 Å². The zero-order valence-electron chi connectivity index (χ0n) is 10.1. The molecular formula is C15H16FNS. The Kier molecular flexibility index (Phi) is 4.65. The Morgan fingerprint density at radius 1 is 1.06 bits per heavy atom. The summed E-state index contributed by atoms with van der Waals surface area (Å²) in [4.78, 5) is 0.988. The average Bonchev–Trinajstić information content (AvgIpc) is 2.35. The highest BCUT2D eigenvalue weighted by molar-refractivity contribution is 7.99. The Labute approximate surface area is 111 Å². The van der Waals surface area contributed by atoms with Crippen LogP contribution in [0.1, 0.15) is 12.0 Å². The Hall–Kier alpha value is -1.48. The van der Waals surface area contributed by atoms with Gasteiger partial charge in [-0.1, -0.05) is 18.2 Å². The van der Waals surface area contributed by atoms with Gasteiger partial charge in [0.05, 0.1) is 0 Å². The molecule has 2 N–H and O–H groups in total. The molecule has 0 bridgehead atoms. The van der Waals surface area contributed by atoms with E-state index in [4.69, 9.17) is 5.73 Å². The predicted molar refractivity (Wildman–Crippen MR) is 76.3 cm³/mol. The predicted octanol–water partition coefficient (Wildman–Crippen LogP) is 4.13. The first-order valence-electron chi connectivity index (χ1n) is 5.97. The van der Waals surface area contributed by atoms with Gasteiger partial charge in [0.2, 0.25) is 0 Å². The number of nitrogens with two attached hydrogens (primary N) is 1. The molecule has 0 atom stereocenters. The van der Waals surface area contributed by atoms with Crippen molar-refractivity contribution in [2.75, 3.05) is 11.5 Å². The third kappa shape index (κ3) is 4.08. The second kappa shape index (κ2) is 6.45. The van der Waals surface area contributed by atoms with Crippen molar-refractivity contribution in [2.24, 2.45) is 0 Å². The number of anilines is 1. The molecule has 2 aromatic carbocycles. The molecule has 0 spiro atoms. The van der Waals surface area contributed by atoms with Crippen molar-refractivity contribution in [3.63, 3.8) is 0 Å². The van der Waals surface area contributed by atoms with Gasteiger partial charge in [-0.25, -0.2) is 4.39 Å². The summed E-state index contributed by atoms with van der Waals surface area (Å²) >= 11 is 1.69. The second-order valence-electron chi connectivity index (χ2n) is 4.15. The first-order chi connectivity index (χ1) is 8.74. The van der Waals surface area contributed by atoms with Crippen molar-refractivity contribution in [1.29, 1.82) is 0 Å².